The van der Waals surface area contributed by atoms with Gasteiger partial charge in [-0.2, -0.15) is 0 Å². The minimum Gasteiger partial charge on any atom is -0.468 e. The van der Waals surface area contributed by atoms with Gasteiger partial charge in [0.2, 0.25) is 5.91 Å². The summed E-state index contributed by atoms with van der Waals surface area (Å²) in [6.07, 6.45) is 4.63. The third-order valence-electron chi connectivity index (χ3n) is 3.52. The molecule has 1 aromatic rings. The Morgan fingerprint density at radius 1 is 1.42 bits per heavy atom. The van der Waals surface area contributed by atoms with Crippen molar-refractivity contribution >= 4 is 23.2 Å². The van der Waals surface area contributed by atoms with Crippen LogP contribution in [-0.2, 0) is 20.7 Å². The van der Waals surface area contributed by atoms with Crippen LogP contribution in [0.25, 0.3) is 0 Å². The fourth-order valence-corrected chi connectivity index (χ4v) is 3.20. The van der Waals surface area contributed by atoms with Crippen molar-refractivity contribution in [3.8, 4) is 0 Å². The number of esters is 1. The van der Waals surface area contributed by atoms with Crippen molar-refractivity contribution in [2.75, 3.05) is 13.7 Å². The molecule has 1 aromatic heterocycles. The van der Waals surface area contributed by atoms with E-state index in [0.717, 1.165) is 30.6 Å². The Kier molecular flexibility index (Phi) is 4.96. The van der Waals surface area contributed by atoms with Crippen LogP contribution in [0.5, 0.6) is 0 Å². The van der Waals surface area contributed by atoms with Crippen molar-refractivity contribution in [1.82, 2.24) is 4.90 Å². The zero-order valence-electron chi connectivity index (χ0n) is 11.1. The van der Waals surface area contributed by atoms with Crippen molar-refractivity contribution in [1.29, 1.82) is 0 Å². The highest BCUT2D eigenvalue weighted by Crippen LogP contribution is 2.24. The SMILES string of the molecule is COC(=O)CN(C(=O)Cc1cccs1)C1CCCC1. The first kappa shape index (κ1) is 14.1. The van der Waals surface area contributed by atoms with Gasteiger partial charge < -0.3 is 9.64 Å². The first-order chi connectivity index (χ1) is 9.20. The Labute approximate surface area is 117 Å². The Bertz CT molecular complexity index is 424. The second kappa shape index (κ2) is 6.70. The van der Waals surface area contributed by atoms with Crippen LogP contribution in [0.1, 0.15) is 30.6 Å². The van der Waals surface area contributed by atoms with E-state index in [-0.39, 0.29) is 24.5 Å². The molecule has 2 rings (SSSR count). The Hall–Kier alpha value is -1.36. The molecule has 19 heavy (non-hydrogen) atoms. The van der Waals surface area contributed by atoms with Crippen LogP contribution in [0.3, 0.4) is 0 Å². The van der Waals surface area contributed by atoms with Gasteiger partial charge in [0, 0.05) is 10.9 Å². The van der Waals surface area contributed by atoms with Gasteiger partial charge in [0.25, 0.3) is 0 Å². The summed E-state index contributed by atoms with van der Waals surface area (Å²) in [6.45, 7) is 0.0748. The molecule has 0 radical (unpaired) electrons. The van der Waals surface area contributed by atoms with E-state index < -0.39 is 0 Å². The molecule has 1 heterocycles. The van der Waals surface area contributed by atoms with Gasteiger partial charge >= 0.3 is 5.97 Å². The predicted molar refractivity (Wildman–Crippen MR) is 74.0 cm³/mol. The van der Waals surface area contributed by atoms with Gasteiger partial charge in [-0.1, -0.05) is 18.9 Å². The summed E-state index contributed by atoms with van der Waals surface area (Å²) in [4.78, 5) is 26.6. The smallest absolute Gasteiger partial charge is 0.325 e. The van der Waals surface area contributed by atoms with Gasteiger partial charge in [-0.05, 0) is 24.3 Å². The summed E-state index contributed by atoms with van der Waals surface area (Å²) >= 11 is 1.57. The topological polar surface area (TPSA) is 46.6 Å². The number of hydrogen-bond donors (Lipinski definition) is 0. The van der Waals surface area contributed by atoms with Crippen LogP contribution in [0.15, 0.2) is 17.5 Å². The molecule has 1 saturated carbocycles. The number of methoxy groups -OCH3 is 1. The van der Waals surface area contributed by atoms with Crippen LogP contribution in [0, 0.1) is 0 Å². The third-order valence-corrected chi connectivity index (χ3v) is 4.39. The van der Waals surface area contributed by atoms with Crippen molar-refractivity contribution in [2.24, 2.45) is 0 Å². The molecular weight excluding hydrogens is 262 g/mol. The zero-order chi connectivity index (χ0) is 13.7. The molecule has 0 aliphatic heterocycles. The number of carbonyl (C=O) groups is 2. The molecule has 1 amide bonds. The van der Waals surface area contributed by atoms with Crippen LogP contribution >= 0.6 is 11.3 Å². The van der Waals surface area contributed by atoms with Crippen molar-refractivity contribution in [3.05, 3.63) is 22.4 Å². The first-order valence-electron chi connectivity index (χ1n) is 6.59. The zero-order valence-corrected chi connectivity index (χ0v) is 11.9. The van der Waals surface area contributed by atoms with E-state index in [4.69, 9.17) is 4.74 Å². The third kappa shape index (κ3) is 3.80. The maximum Gasteiger partial charge on any atom is 0.325 e. The highest BCUT2D eigenvalue weighted by atomic mass is 32.1. The van der Waals surface area contributed by atoms with Crippen LogP contribution in [0.4, 0.5) is 0 Å². The quantitative estimate of drug-likeness (QED) is 0.778. The second-order valence-corrected chi connectivity index (χ2v) is 5.82. The lowest BCUT2D eigenvalue weighted by molar-refractivity contribution is -0.148. The van der Waals surface area contributed by atoms with Gasteiger partial charge in [0.1, 0.15) is 6.54 Å². The largest absolute Gasteiger partial charge is 0.468 e. The average Bonchev–Trinajstić information content (AvgIpc) is 3.08. The number of nitrogens with zero attached hydrogens (tertiary/aromatic N) is 1. The second-order valence-electron chi connectivity index (χ2n) is 4.79. The molecule has 0 saturated heterocycles. The van der Waals surface area contributed by atoms with Gasteiger partial charge in [-0.25, -0.2) is 0 Å². The predicted octanol–water partition coefficient (Wildman–Crippen LogP) is 2.23. The molecule has 1 fully saturated rings. The number of hydrogen-bond acceptors (Lipinski definition) is 4. The summed E-state index contributed by atoms with van der Waals surface area (Å²) in [5.74, 6) is -0.314. The summed E-state index contributed by atoms with van der Waals surface area (Å²) in [7, 11) is 1.36. The van der Waals surface area contributed by atoms with E-state index >= 15 is 0 Å². The van der Waals surface area contributed by atoms with E-state index in [1.165, 1.54) is 7.11 Å². The molecule has 0 aromatic carbocycles. The number of ether oxygens (including phenoxy) is 1. The monoisotopic (exact) mass is 281 g/mol. The molecule has 0 spiro atoms. The van der Waals surface area contributed by atoms with Crippen LogP contribution < -0.4 is 0 Å². The van der Waals surface area contributed by atoms with E-state index in [1.54, 1.807) is 16.2 Å². The summed E-state index contributed by atoms with van der Waals surface area (Å²) in [5.41, 5.74) is 0. The van der Waals surface area contributed by atoms with Crippen LogP contribution in [0.2, 0.25) is 0 Å². The first-order valence-corrected chi connectivity index (χ1v) is 7.47. The summed E-state index contributed by atoms with van der Waals surface area (Å²) in [5, 5.41) is 1.96. The van der Waals surface area contributed by atoms with E-state index in [9.17, 15) is 9.59 Å². The van der Waals surface area contributed by atoms with Gasteiger partial charge in [0.05, 0.1) is 13.5 Å². The van der Waals surface area contributed by atoms with Gasteiger partial charge in [-0.15, -0.1) is 11.3 Å². The van der Waals surface area contributed by atoms with E-state index in [2.05, 4.69) is 0 Å². The molecule has 0 N–H and O–H groups in total. The lowest BCUT2D eigenvalue weighted by Crippen LogP contribution is -2.43. The lowest BCUT2D eigenvalue weighted by atomic mass is 10.2. The Morgan fingerprint density at radius 3 is 2.74 bits per heavy atom. The number of amides is 1. The van der Waals surface area contributed by atoms with E-state index in [0.29, 0.717) is 6.42 Å². The highest BCUT2D eigenvalue weighted by molar-refractivity contribution is 7.10. The van der Waals surface area contributed by atoms with Gasteiger partial charge in [-0.3, -0.25) is 9.59 Å². The molecule has 4 nitrogen and oxygen atoms in total. The number of carbonyl (C=O) groups excluding carboxylic acids is 2. The number of rotatable bonds is 5. The Morgan fingerprint density at radius 2 is 2.16 bits per heavy atom. The molecule has 0 unspecified atom stereocenters. The minimum atomic E-state index is -0.341. The molecule has 1 aliphatic rings. The fourth-order valence-electron chi connectivity index (χ4n) is 2.50. The molecule has 0 bridgehead atoms. The highest BCUT2D eigenvalue weighted by Gasteiger charge is 2.28. The fraction of sp³-hybridized carbons (Fsp3) is 0.571. The maximum absolute atomic E-state index is 12.4. The maximum atomic E-state index is 12.4. The standard InChI is InChI=1S/C14H19NO3S/c1-18-14(17)10-15(11-5-2-3-6-11)13(16)9-12-7-4-8-19-12/h4,7-8,11H,2-3,5-6,9-10H2,1H3. The summed E-state index contributed by atoms with van der Waals surface area (Å²) < 4.78 is 4.70. The lowest BCUT2D eigenvalue weighted by Gasteiger charge is -2.27. The van der Waals surface area contributed by atoms with Crippen molar-refractivity contribution in [2.45, 2.75) is 38.1 Å². The number of thiophene rings is 1. The molecule has 0 atom stereocenters. The minimum absolute atomic E-state index is 0.0275. The molecule has 1 aliphatic carbocycles. The van der Waals surface area contributed by atoms with Crippen molar-refractivity contribution < 1.29 is 14.3 Å². The Balaban J connectivity index is 2.02. The molecular formula is C14H19NO3S. The van der Waals surface area contributed by atoms with E-state index in [1.807, 2.05) is 17.5 Å². The molecule has 5 heteroatoms. The van der Waals surface area contributed by atoms with Crippen molar-refractivity contribution in [3.63, 3.8) is 0 Å². The normalized spacial score (nSPS) is 15.4. The average molecular weight is 281 g/mol. The molecule has 104 valence electrons. The van der Waals surface area contributed by atoms with Crippen LogP contribution in [-0.4, -0.2) is 36.5 Å². The van der Waals surface area contributed by atoms with Gasteiger partial charge in [0.15, 0.2) is 0 Å². The summed E-state index contributed by atoms with van der Waals surface area (Å²) in [6, 6.07) is 4.09.